The third kappa shape index (κ3) is 5.86. The standard InChI is InChI=1S/C23H18ClN7O2/c24-20-12-5-4-11-19(20)23(33)26-18-10-6-7-16(13-18)14-25-27-21(32)15-31-29-22(28-30-31)17-8-2-1-3-9-17/h1-14H,15H2,(H,26,33)(H,27,32)/b25-14+. The molecule has 2 amide bonds. The first kappa shape index (κ1) is 21.8. The molecule has 0 saturated carbocycles. The Morgan fingerprint density at radius 2 is 1.79 bits per heavy atom. The number of carbonyl (C=O) groups excluding carboxylic acids is 2. The summed E-state index contributed by atoms with van der Waals surface area (Å²) < 4.78 is 0. The highest BCUT2D eigenvalue weighted by Crippen LogP contribution is 2.17. The van der Waals surface area contributed by atoms with Gasteiger partial charge < -0.3 is 5.32 Å². The Balaban J connectivity index is 1.32. The lowest BCUT2D eigenvalue weighted by atomic mass is 10.2. The Bertz CT molecular complexity index is 1300. The monoisotopic (exact) mass is 459 g/mol. The smallest absolute Gasteiger partial charge is 0.263 e. The van der Waals surface area contributed by atoms with E-state index in [1.807, 2.05) is 30.3 Å². The molecule has 0 radical (unpaired) electrons. The van der Waals surface area contributed by atoms with Crippen LogP contribution in [0.2, 0.25) is 5.02 Å². The number of nitrogens with one attached hydrogen (secondary N) is 2. The van der Waals surface area contributed by atoms with Gasteiger partial charge in [0, 0.05) is 11.3 Å². The molecule has 0 fully saturated rings. The summed E-state index contributed by atoms with van der Waals surface area (Å²) in [6.07, 6.45) is 1.47. The Labute approximate surface area is 194 Å². The van der Waals surface area contributed by atoms with Crippen LogP contribution in [0.4, 0.5) is 5.69 Å². The normalized spacial score (nSPS) is 10.8. The molecule has 0 atom stereocenters. The zero-order chi connectivity index (χ0) is 23.0. The average molecular weight is 460 g/mol. The zero-order valence-electron chi connectivity index (χ0n) is 17.2. The molecule has 3 aromatic carbocycles. The first-order valence-corrected chi connectivity index (χ1v) is 10.3. The largest absolute Gasteiger partial charge is 0.322 e. The van der Waals surface area contributed by atoms with Gasteiger partial charge in [-0.15, -0.1) is 10.2 Å². The van der Waals surface area contributed by atoms with Gasteiger partial charge in [-0.25, -0.2) is 5.43 Å². The fourth-order valence-electron chi connectivity index (χ4n) is 2.90. The molecular formula is C23H18ClN7O2. The molecule has 0 aliphatic heterocycles. The van der Waals surface area contributed by atoms with E-state index in [2.05, 4.69) is 31.3 Å². The van der Waals surface area contributed by atoms with Crippen LogP contribution in [0, 0.1) is 0 Å². The lowest BCUT2D eigenvalue weighted by Crippen LogP contribution is -2.24. The molecule has 0 bridgehead atoms. The first-order chi connectivity index (χ1) is 16.1. The van der Waals surface area contributed by atoms with Gasteiger partial charge in [-0.3, -0.25) is 9.59 Å². The number of tetrazole rings is 1. The van der Waals surface area contributed by atoms with E-state index >= 15 is 0 Å². The van der Waals surface area contributed by atoms with Crippen LogP contribution in [-0.2, 0) is 11.3 Å². The van der Waals surface area contributed by atoms with Crippen LogP contribution < -0.4 is 10.7 Å². The van der Waals surface area contributed by atoms with E-state index in [9.17, 15) is 9.59 Å². The number of aromatic nitrogens is 4. The van der Waals surface area contributed by atoms with Crippen molar-refractivity contribution >= 4 is 35.3 Å². The van der Waals surface area contributed by atoms with E-state index in [1.54, 1.807) is 48.5 Å². The van der Waals surface area contributed by atoms with Gasteiger partial charge in [-0.2, -0.15) is 9.90 Å². The molecule has 0 saturated heterocycles. The minimum atomic E-state index is -0.411. The second kappa shape index (κ2) is 10.3. The molecule has 164 valence electrons. The number of carbonyl (C=O) groups is 2. The van der Waals surface area contributed by atoms with Gasteiger partial charge in [0.1, 0.15) is 6.54 Å². The van der Waals surface area contributed by atoms with Gasteiger partial charge in [0.2, 0.25) is 5.82 Å². The van der Waals surface area contributed by atoms with Crippen molar-refractivity contribution in [3.05, 3.63) is 95.0 Å². The molecule has 4 rings (SSSR count). The molecular weight excluding hydrogens is 442 g/mol. The Hall–Kier alpha value is -4.37. The van der Waals surface area contributed by atoms with Crippen LogP contribution in [0.1, 0.15) is 15.9 Å². The third-order valence-corrected chi connectivity index (χ3v) is 4.77. The maximum atomic E-state index is 12.4. The number of hydrazone groups is 1. The Kier molecular flexibility index (Phi) is 6.81. The summed E-state index contributed by atoms with van der Waals surface area (Å²) in [5.41, 5.74) is 4.85. The highest BCUT2D eigenvalue weighted by Gasteiger charge is 2.10. The van der Waals surface area contributed by atoms with Crippen molar-refractivity contribution in [2.45, 2.75) is 6.54 Å². The SMILES string of the molecule is O=C(Cn1nnc(-c2ccccc2)n1)N/N=C/c1cccc(NC(=O)c2ccccc2Cl)c1. The van der Waals surface area contributed by atoms with Crippen molar-refractivity contribution in [1.29, 1.82) is 0 Å². The Morgan fingerprint density at radius 1 is 1.00 bits per heavy atom. The number of anilines is 1. The van der Waals surface area contributed by atoms with Crippen LogP contribution in [0.15, 0.2) is 84.0 Å². The molecule has 10 heteroatoms. The van der Waals surface area contributed by atoms with Crippen LogP contribution in [0.3, 0.4) is 0 Å². The Morgan fingerprint density at radius 3 is 2.61 bits per heavy atom. The highest BCUT2D eigenvalue weighted by molar-refractivity contribution is 6.34. The number of benzene rings is 3. The van der Waals surface area contributed by atoms with Gasteiger partial charge in [0.05, 0.1) is 16.8 Å². The number of nitrogens with zero attached hydrogens (tertiary/aromatic N) is 5. The van der Waals surface area contributed by atoms with Crippen molar-refractivity contribution < 1.29 is 9.59 Å². The molecule has 1 heterocycles. The lowest BCUT2D eigenvalue weighted by molar-refractivity contribution is -0.122. The quantitative estimate of drug-likeness (QED) is 0.325. The second-order valence-corrected chi connectivity index (χ2v) is 7.27. The van der Waals surface area contributed by atoms with Crippen LogP contribution in [0.25, 0.3) is 11.4 Å². The van der Waals surface area contributed by atoms with Crippen LogP contribution in [-0.4, -0.2) is 38.2 Å². The van der Waals surface area contributed by atoms with Crippen molar-refractivity contribution in [3.63, 3.8) is 0 Å². The molecule has 33 heavy (non-hydrogen) atoms. The van der Waals surface area contributed by atoms with E-state index in [1.165, 1.54) is 11.0 Å². The van der Waals surface area contributed by atoms with Crippen molar-refractivity contribution in [3.8, 4) is 11.4 Å². The van der Waals surface area contributed by atoms with Crippen molar-refractivity contribution in [2.24, 2.45) is 5.10 Å². The van der Waals surface area contributed by atoms with Crippen molar-refractivity contribution in [1.82, 2.24) is 25.6 Å². The second-order valence-electron chi connectivity index (χ2n) is 6.86. The van der Waals surface area contributed by atoms with E-state index < -0.39 is 5.91 Å². The highest BCUT2D eigenvalue weighted by atomic mass is 35.5. The predicted molar refractivity (Wildman–Crippen MR) is 125 cm³/mol. The van der Waals surface area contributed by atoms with Gasteiger partial charge >= 0.3 is 0 Å². The number of halogens is 1. The van der Waals surface area contributed by atoms with Gasteiger partial charge in [0.25, 0.3) is 11.8 Å². The van der Waals surface area contributed by atoms with Crippen molar-refractivity contribution in [2.75, 3.05) is 5.32 Å². The van der Waals surface area contributed by atoms with Crippen LogP contribution in [0.5, 0.6) is 0 Å². The van der Waals surface area contributed by atoms with Gasteiger partial charge in [-0.05, 0) is 35.0 Å². The topological polar surface area (TPSA) is 114 Å². The maximum absolute atomic E-state index is 12.4. The lowest BCUT2D eigenvalue weighted by Gasteiger charge is -2.07. The average Bonchev–Trinajstić information content (AvgIpc) is 3.28. The fourth-order valence-corrected chi connectivity index (χ4v) is 3.12. The molecule has 2 N–H and O–H groups in total. The molecule has 9 nitrogen and oxygen atoms in total. The van der Waals surface area contributed by atoms with Crippen LogP contribution >= 0.6 is 11.6 Å². The summed E-state index contributed by atoms with van der Waals surface area (Å²) in [5, 5.41) is 19.1. The number of hydrogen-bond acceptors (Lipinski definition) is 6. The van der Waals surface area contributed by atoms with E-state index in [0.29, 0.717) is 27.7 Å². The van der Waals surface area contributed by atoms with Gasteiger partial charge in [-0.1, -0.05) is 66.2 Å². The van der Waals surface area contributed by atoms with E-state index in [4.69, 9.17) is 11.6 Å². The molecule has 0 unspecified atom stereocenters. The number of amides is 2. The minimum Gasteiger partial charge on any atom is -0.322 e. The molecule has 0 aliphatic rings. The van der Waals surface area contributed by atoms with E-state index in [-0.39, 0.29) is 12.5 Å². The summed E-state index contributed by atoms with van der Waals surface area (Å²) in [6, 6.07) is 23.1. The zero-order valence-corrected chi connectivity index (χ0v) is 18.0. The summed E-state index contributed by atoms with van der Waals surface area (Å²) in [5.74, 6) is -0.299. The van der Waals surface area contributed by atoms with E-state index in [0.717, 1.165) is 5.56 Å². The molecule has 4 aromatic rings. The summed E-state index contributed by atoms with van der Waals surface area (Å²) in [4.78, 5) is 25.7. The number of hydrogen-bond donors (Lipinski definition) is 2. The fraction of sp³-hybridized carbons (Fsp3) is 0.0435. The predicted octanol–water partition coefficient (Wildman–Crippen LogP) is 3.40. The summed E-state index contributed by atoms with van der Waals surface area (Å²) in [7, 11) is 0. The van der Waals surface area contributed by atoms with Gasteiger partial charge in [0.15, 0.2) is 0 Å². The summed E-state index contributed by atoms with van der Waals surface area (Å²) in [6.45, 7) is -0.134. The first-order valence-electron chi connectivity index (χ1n) is 9.89. The maximum Gasteiger partial charge on any atom is 0.263 e. The minimum absolute atomic E-state index is 0.134. The molecule has 1 aromatic heterocycles. The summed E-state index contributed by atoms with van der Waals surface area (Å²) >= 11 is 6.07. The molecule has 0 aliphatic carbocycles. The number of rotatable bonds is 7. The molecule has 0 spiro atoms. The third-order valence-electron chi connectivity index (χ3n) is 4.44.